The third-order valence-corrected chi connectivity index (χ3v) is 4.62. The van der Waals surface area contributed by atoms with E-state index in [-0.39, 0.29) is 24.2 Å². The van der Waals surface area contributed by atoms with E-state index in [2.05, 4.69) is 12.1 Å². The average molecular weight is 367 g/mol. The van der Waals surface area contributed by atoms with Crippen molar-refractivity contribution in [3.63, 3.8) is 0 Å². The lowest BCUT2D eigenvalue weighted by atomic mass is 9.94. The maximum absolute atomic E-state index is 13.2. The van der Waals surface area contributed by atoms with Crippen LogP contribution in [0.25, 0.3) is 0 Å². The first-order valence-corrected chi connectivity index (χ1v) is 9.69. The third kappa shape index (κ3) is 6.55. The van der Waals surface area contributed by atoms with Crippen LogP contribution in [0.15, 0.2) is 60.7 Å². The highest BCUT2D eigenvalue weighted by molar-refractivity contribution is 5.84. The van der Waals surface area contributed by atoms with Crippen LogP contribution in [0.3, 0.4) is 0 Å². The lowest BCUT2D eigenvalue weighted by Crippen LogP contribution is -2.38. The minimum atomic E-state index is -0.261. The van der Waals surface area contributed by atoms with E-state index in [1.54, 1.807) is 6.92 Å². The Morgan fingerprint density at radius 3 is 2.15 bits per heavy atom. The van der Waals surface area contributed by atoms with Crippen molar-refractivity contribution < 1.29 is 14.3 Å². The topological polar surface area (TPSA) is 46.6 Å². The molecular weight excluding hydrogens is 338 g/mol. The number of carbonyl (C=O) groups is 2. The van der Waals surface area contributed by atoms with Crippen molar-refractivity contribution in [2.24, 2.45) is 0 Å². The molecule has 4 nitrogen and oxygen atoms in total. The molecule has 144 valence electrons. The first kappa shape index (κ1) is 20.7. The zero-order valence-electron chi connectivity index (χ0n) is 16.3. The first-order chi connectivity index (χ1) is 13.2. The van der Waals surface area contributed by atoms with Gasteiger partial charge in [-0.2, -0.15) is 0 Å². The van der Waals surface area contributed by atoms with Gasteiger partial charge in [0.1, 0.15) is 0 Å². The largest absolute Gasteiger partial charge is 0.466 e. The van der Waals surface area contributed by atoms with Crippen LogP contribution in [0.5, 0.6) is 0 Å². The zero-order chi connectivity index (χ0) is 19.5. The monoisotopic (exact) mass is 367 g/mol. The Kier molecular flexibility index (Phi) is 8.56. The Hall–Kier alpha value is -2.62. The molecule has 2 aromatic carbocycles. The van der Waals surface area contributed by atoms with E-state index in [1.165, 1.54) is 5.56 Å². The molecule has 0 aliphatic heterocycles. The molecule has 2 rings (SSSR count). The number of hydrogen-bond donors (Lipinski definition) is 0. The summed E-state index contributed by atoms with van der Waals surface area (Å²) in [5.41, 5.74) is 2.20. The van der Waals surface area contributed by atoms with Gasteiger partial charge >= 0.3 is 5.97 Å². The van der Waals surface area contributed by atoms with Gasteiger partial charge in [0, 0.05) is 13.1 Å². The Labute approximate surface area is 162 Å². The lowest BCUT2D eigenvalue weighted by molar-refractivity contribution is -0.144. The van der Waals surface area contributed by atoms with E-state index < -0.39 is 0 Å². The van der Waals surface area contributed by atoms with E-state index in [9.17, 15) is 9.59 Å². The molecule has 27 heavy (non-hydrogen) atoms. The maximum Gasteiger partial charge on any atom is 0.307 e. The van der Waals surface area contributed by atoms with Crippen molar-refractivity contribution in [1.82, 2.24) is 4.90 Å². The predicted octanol–water partition coefficient (Wildman–Crippen LogP) is 4.20. The molecule has 0 fully saturated rings. The second-order valence-corrected chi connectivity index (χ2v) is 6.49. The van der Waals surface area contributed by atoms with Gasteiger partial charge in [-0.3, -0.25) is 9.59 Å². The van der Waals surface area contributed by atoms with E-state index in [4.69, 9.17) is 4.74 Å². The molecule has 4 heteroatoms. The fourth-order valence-electron chi connectivity index (χ4n) is 3.16. The number of rotatable bonds is 10. The van der Waals surface area contributed by atoms with Crippen molar-refractivity contribution in [2.45, 2.75) is 39.0 Å². The van der Waals surface area contributed by atoms with Crippen molar-refractivity contribution in [2.75, 3.05) is 19.7 Å². The fraction of sp³-hybridized carbons (Fsp3) is 0.391. The van der Waals surface area contributed by atoms with Crippen molar-refractivity contribution >= 4 is 11.9 Å². The minimum absolute atomic E-state index is 0.0731. The summed E-state index contributed by atoms with van der Waals surface area (Å²) < 4.78 is 5.03. The number of amides is 1. The number of ether oxygens (including phenoxy) is 1. The van der Waals surface area contributed by atoms with Crippen molar-refractivity contribution in [3.05, 3.63) is 71.8 Å². The van der Waals surface area contributed by atoms with Crippen LogP contribution in [0.4, 0.5) is 0 Å². The maximum atomic E-state index is 13.2. The summed E-state index contributed by atoms with van der Waals surface area (Å²) in [6.07, 6.45) is 1.71. The number of nitrogens with zero attached hydrogens (tertiary/aromatic N) is 1. The van der Waals surface area contributed by atoms with Gasteiger partial charge in [0.25, 0.3) is 0 Å². The lowest BCUT2D eigenvalue weighted by Gasteiger charge is -2.27. The number of hydrogen-bond acceptors (Lipinski definition) is 3. The summed E-state index contributed by atoms with van der Waals surface area (Å²) in [6.45, 7) is 5.15. The Morgan fingerprint density at radius 1 is 0.926 bits per heavy atom. The van der Waals surface area contributed by atoms with Gasteiger partial charge in [0.15, 0.2) is 0 Å². The van der Waals surface area contributed by atoms with Gasteiger partial charge in [0.05, 0.1) is 18.9 Å². The first-order valence-electron chi connectivity index (χ1n) is 9.69. The van der Waals surface area contributed by atoms with E-state index in [1.807, 2.05) is 60.4 Å². The molecule has 1 atom stereocenters. The molecule has 0 aliphatic carbocycles. The van der Waals surface area contributed by atoms with Gasteiger partial charge in [-0.1, -0.05) is 67.6 Å². The molecule has 0 radical (unpaired) electrons. The normalized spacial score (nSPS) is 11.6. The number of esters is 1. The average Bonchev–Trinajstić information content (AvgIpc) is 2.70. The van der Waals surface area contributed by atoms with Gasteiger partial charge in [0.2, 0.25) is 5.91 Å². The van der Waals surface area contributed by atoms with Crippen LogP contribution in [0.1, 0.15) is 43.7 Å². The summed E-state index contributed by atoms with van der Waals surface area (Å²) in [5.74, 6) is -0.379. The summed E-state index contributed by atoms with van der Waals surface area (Å²) in [7, 11) is 0. The van der Waals surface area contributed by atoms with Crippen LogP contribution in [0, 0.1) is 0 Å². The third-order valence-electron chi connectivity index (χ3n) is 4.62. The van der Waals surface area contributed by atoms with Crippen LogP contribution in [-0.2, 0) is 20.7 Å². The minimum Gasteiger partial charge on any atom is -0.466 e. The van der Waals surface area contributed by atoms with Crippen LogP contribution in [-0.4, -0.2) is 36.5 Å². The second-order valence-electron chi connectivity index (χ2n) is 6.49. The highest BCUT2D eigenvalue weighted by atomic mass is 16.5. The molecule has 0 spiro atoms. The molecule has 1 amide bonds. The predicted molar refractivity (Wildman–Crippen MR) is 107 cm³/mol. The fourth-order valence-corrected chi connectivity index (χ4v) is 3.16. The molecule has 0 N–H and O–H groups in total. The van der Waals surface area contributed by atoms with Crippen LogP contribution in [0.2, 0.25) is 0 Å². The van der Waals surface area contributed by atoms with Gasteiger partial charge in [-0.15, -0.1) is 0 Å². The molecule has 1 unspecified atom stereocenters. The quantitative estimate of drug-likeness (QED) is 0.591. The molecule has 0 aromatic heterocycles. The number of benzene rings is 2. The summed E-state index contributed by atoms with van der Waals surface area (Å²) in [5, 5.41) is 0. The molecule has 2 aromatic rings. The van der Waals surface area contributed by atoms with Crippen molar-refractivity contribution in [1.29, 1.82) is 0 Å². The van der Waals surface area contributed by atoms with Gasteiger partial charge in [-0.25, -0.2) is 0 Å². The molecular formula is C23H29NO3. The second kappa shape index (κ2) is 11.2. The Morgan fingerprint density at radius 2 is 1.56 bits per heavy atom. The SMILES string of the molecule is CCOC(=O)CCN(CCc1ccccc1)C(=O)C(CC)c1ccccc1. The van der Waals surface area contributed by atoms with E-state index in [0.717, 1.165) is 18.4 Å². The standard InChI is InChI=1S/C23H29NO3/c1-3-21(20-13-9-6-10-14-20)23(26)24(18-16-22(25)27-4-2)17-15-19-11-7-5-8-12-19/h5-14,21H,3-4,15-18H2,1-2H3. The Balaban J connectivity index is 2.10. The molecule has 0 aliphatic rings. The van der Waals surface area contributed by atoms with Gasteiger partial charge < -0.3 is 9.64 Å². The summed E-state index contributed by atoms with van der Waals surface area (Å²) in [6, 6.07) is 19.9. The summed E-state index contributed by atoms with van der Waals surface area (Å²) >= 11 is 0. The smallest absolute Gasteiger partial charge is 0.307 e. The van der Waals surface area contributed by atoms with Gasteiger partial charge in [-0.05, 0) is 30.9 Å². The molecule has 0 heterocycles. The molecule has 0 bridgehead atoms. The molecule has 0 saturated heterocycles. The van der Waals surface area contributed by atoms with Crippen LogP contribution < -0.4 is 0 Å². The Bertz CT molecular complexity index is 700. The van der Waals surface area contributed by atoms with E-state index >= 15 is 0 Å². The van der Waals surface area contributed by atoms with Crippen LogP contribution >= 0.6 is 0 Å². The number of carbonyl (C=O) groups excluding carboxylic acids is 2. The van der Waals surface area contributed by atoms with E-state index in [0.29, 0.717) is 19.7 Å². The highest BCUT2D eigenvalue weighted by Crippen LogP contribution is 2.22. The highest BCUT2D eigenvalue weighted by Gasteiger charge is 2.24. The summed E-state index contributed by atoms with van der Waals surface area (Å²) in [4.78, 5) is 26.8. The zero-order valence-corrected chi connectivity index (χ0v) is 16.3. The van der Waals surface area contributed by atoms with Crippen molar-refractivity contribution in [3.8, 4) is 0 Å². The molecule has 0 saturated carbocycles.